The molecule has 1 aliphatic carbocycles. The van der Waals surface area contributed by atoms with E-state index >= 15 is 0 Å². The SMILES string of the molecule is CCOc1ccc2c(C#N)c(-c3ccc(N(CC)C(=O)O)cc3)n(C3CCC3)c2c1. The molecule has 1 N–H and O–H groups in total. The van der Waals surface area contributed by atoms with Crippen LogP contribution in [0.15, 0.2) is 42.5 Å². The van der Waals surface area contributed by atoms with Gasteiger partial charge in [-0.1, -0.05) is 12.1 Å². The molecule has 0 unspecified atom stereocenters. The first kappa shape index (κ1) is 19.8. The Hall–Kier alpha value is -3.46. The summed E-state index contributed by atoms with van der Waals surface area (Å²) in [6.07, 6.45) is 2.37. The summed E-state index contributed by atoms with van der Waals surface area (Å²) >= 11 is 0. The lowest BCUT2D eigenvalue weighted by Gasteiger charge is -2.30. The van der Waals surface area contributed by atoms with E-state index in [-0.39, 0.29) is 0 Å². The molecule has 1 aromatic heterocycles. The number of benzene rings is 2. The van der Waals surface area contributed by atoms with Crippen molar-refractivity contribution in [3.05, 3.63) is 48.0 Å². The topological polar surface area (TPSA) is 78.5 Å². The van der Waals surface area contributed by atoms with Gasteiger partial charge in [0.05, 0.1) is 23.4 Å². The van der Waals surface area contributed by atoms with Crippen LogP contribution in [0.4, 0.5) is 10.5 Å². The van der Waals surface area contributed by atoms with Crippen molar-refractivity contribution in [1.82, 2.24) is 4.57 Å². The highest BCUT2D eigenvalue weighted by molar-refractivity contribution is 5.96. The molecule has 4 rings (SSSR count). The third kappa shape index (κ3) is 3.26. The molecule has 154 valence electrons. The van der Waals surface area contributed by atoms with E-state index in [0.717, 1.165) is 40.8 Å². The van der Waals surface area contributed by atoms with Crippen LogP contribution in [0.2, 0.25) is 0 Å². The Bertz CT molecular complexity index is 1120. The Morgan fingerprint density at radius 1 is 1.23 bits per heavy atom. The maximum absolute atomic E-state index is 11.4. The van der Waals surface area contributed by atoms with Crippen LogP contribution in [0.5, 0.6) is 5.75 Å². The van der Waals surface area contributed by atoms with E-state index in [1.54, 1.807) is 6.92 Å². The Kier molecular flexibility index (Phi) is 5.37. The maximum atomic E-state index is 11.4. The first-order valence-electron chi connectivity index (χ1n) is 10.4. The van der Waals surface area contributed by atoms with E-state index in [4.69, 9.17) is 4.74 Å². The van der Waals surface area contributed by atoms with Gasteiger partial charge in [-0.2, -0.15) is 5.26 Å². The van der Waals surface area contributed by atoms with Crippen molar-refractivity contribution in [2.24, 2.45) is 0 Å². The highest BCUT2D eigenvalue weighted by atomic mass is 16.5. The van der Waals surface area contributed by atoms with Crippen molar-refractivity contribution in [1.29, 1.82) is 5.26 Å². The van der Waals surface area contributed by atoms with E-state index in [1.807, 2.05) is 49.4 Å². The normalized spacial score (nSPS) is 13.6. The number of nitrogens with zero attached hydrogens (tertiary/aromatic N) is 3. The second-order valence-electron chi connectivity index (χ2n) is 7.48. The fraction of sp³-hybridized carbons (Fsp3) is 0.333. The van der Waals surface area contributed by atoms with Crippen LogP contribution in [-0.4, -0.2) is 28.9 Å². The summed E-state index contributed by atoms with van der Waals surface area (Å²) in [5, 5.41) is 20.3. The Morgan fingerprint density at radius 3 is 2.50 bits per heavy atom. The number of rotatable bonds is 6. The van der Waals surface area contributed by atoms with Gasteiger partial charge in [0.15, 0.2) is 0 Å². The van der Waals surface area contributed by atoms with Crippen LogP contribution in [0.25, 0.3) is 22.2 Å². The smallest absolute Gasteiger partial charge is 0.411 e. The van der Waals surface area contributed by atoms with Crippen LogP contribution in [0, 0.1) is 11.3 Å². The summed E-state index contributed by atoms with van der Waals surface area (Å²) in [4.78, 5) is 12.7. The molecule has 1 aliphatic rings. The molecule has 2 aromatic carbocycles. The van der Waals surface area contributed by atoms with Crippen molar-refractivity contribution in [3.8, 4) is 23.1 Å². The van der Waals surface area contributed by atoms with Crippen LogP contribution in [-0.2, 0) is 0 Å². The zero-order valence-electron chi connectivity index (χ0n) is 17.3. The molecule has 1 amide bonds. The standard InChI is InChI=1S/C24H25N3O3/c1-3-26(24(28)29)17-10-8-16(9-11-17)23-21(15-25)20-13-12-19(30-4-2)14-22(20)27(23)18-6-5-7-18/h8-14,18H,3-7H2,1-2H3,(H,28,29). The van der Waals surface area contributed by atoms with Crippen molar-refractivity contribution < 1.29 is 14.6 Å². The van der Waals surface area contributed by atoms with E-state index in [9.17, 15) is 15.2 Å². The average molecular weight is 403 g/mol. The Labute approximate surface area is 175 Å². The molecular weight excluding hydrogens is 378 g/mol. The molecule has 3 aromatic rings. The molecule has 0 aliphatic heterocycles. The van der Waals surface area contributed by atoms with Gasteiger partial charge < -0.3 is 14.4 Å². The highest BCUT2D eigenvalue weighted by Crippen LogP contribution is 2.43. The molecule has 0 saturated heterocycles. The number of carbonyl (C=O) groups is 1. The minimum absolute atomic E-state index is 0.354. The number of hydrogen-bond donors (Lipinski definition) is 1. The lowest BCUT2D eigenvalue weighted by atomic mass is 9.92. The van der Waals surface area contributed by atoms with Crippen molar-refractivity contribution in [2.75, 3.05) is 18.1 Å². The van der Waals surface area contributed by atoms with Crippen LogP contribution < -0.4 is 9.64 Å². The van der Waals surface area contributed by atoms with Crippen LogP contribution in [0.3, 0.4) is 0 Å². The number of nitriles is 1. The first-order chi connectivity index (χ1) is 14.6. The molecule has 0 bridgehead atoms. The number of carboxylic acid groups (broad SMARTS) is 1. The van der Waals surface area contributed by atoms with E-state index in [0.29, 0.717) is 30.4 Å². The van der Waals surface area contributed by atoms with Crippen molar-refractivity contribution in [3.63, 3.8) is 0 Å². The number of aromatic nitrogens is 1. The third-order valence-electron chi connectivity index (χ3n) is 5.84. The summed E-state index contributed by atoms with van der Waals surface area (Å²) in [6.45, 7) is 4.73. The summed E-state index contributed by atoms with van der Waals surface area (Å²) in [5.74, 6) is 0.800. The zero-order valence-corrected chi connectivity index (χ0v) is 17.3. The number of ether oxygens (including phenoxy) is 1. The fourth-order valence-corrected chi connectivity index (χ4v) is 4.20. The number of hydrogen-bond acceptors (Lipinski definition) is 3. The molecular formula is C24H25N3O3. The van der Waals surface area contributed by atoms with Gasteiger partial charge in [0, 0.05) is 29.7 Å². The predicted molar refractivity (Wildman–Crippen MR) is 117 cm³/mol. The van der Waals surface area contributed by atoms with E-state index in [2.05, 4.69) is 10.6 Å². The van der Waals surface area contributed by atoms with Gasteiger partial charge in [0.25, 0.3) is 0 Å². The number of fused-ring (bicyclic) bond motifs is 1. The molecule has 1 fully saturated rings. The quantitative estimate of drug-likeness (QED) is 0.563. The Balaban J connectivity index is 1.89. The highest BCUT2D eigenvalue weighted by Gasteiger charge is 2.28. The van der Waals surface area contributed by atoms with Crippen molar-refractivity contribution in [2.45, 2.75) is 39.2 Å². The summed E-state index contributed by atoms with van der Waals surface area (Å²) in [6, 6.07) is 16.1. The largest absolute Gasteiger partial charge is 0.494 e. The fourth-order valence-electron chi connectivity index (χ4n) is 4.20. The molecule has 30 heavy (non-hydrogen) atoms. The summed E-state index contributed by atoms with van der Waals surface area (Å²) in [5.41, 5.74) is 4.10. The lowest BCUT2D eigenvalue weighted by molar-refractivity contribution is 0.202. The minimum atomic E-state index is -0.977. The molecule has 6 nitrogen and oxygen atoms in total. The molecule has 1 saturated carbocycles. The predicted octanol–water partition coefficient (Wildman–Crippen LogP) is 5.81. The second kappa shape index (κ2) is 8.11. The lowest BCUT2D eigenvalue weighted by Crippen LogP contribution is -2.28. The number of amides is 1. The maximum Gasteiger partial charge on any atom is 0.411 e. The second-order valence-corrected chi connectivity index (χ2v) is 7.48. The third-order valence-corrected chi connectivity index (χ3v) is 5.84. The first-order valence-corrected chi connectivity index (χ1v) is 10.4. The van der Waals surface area contributed by atoms with E-state index < -0.39 is 6.09 Å². The summed E-state index contributed by atoms with van der Waals surface area (Å²) in [7, 11) is 0. The summed E-state index contributed by atoms with van der Waals surface area (Å²) < 4.78 is 7.99. The zero-order chi connectivity index (χ0) is 21.3. The van der Waals surface area contributed by atoms with Gasteiger partial charge in [-0.15, -0.1) is 0 Å². The van der Waals surface area contributed by atoms with Gasteiger partial charge >= 0.3 is 6.09 Å². The van der Waals surface area contributed by atoms with E-state index in [1.165, 1.54) is 11.3 Å². The monoisotopic (exact) mass is 403 g/mol. The van der Waals surface area contributed by atoms with Gasteiger partial charge in [-0.25, -0.2) is 4.79 Å². The van der Waals surface area contributed by atoms with Crippen LogP contribution >= 0.6 is 0 Å². The molecule has 0 radical (unpaired) electrons. The Morgan fingerprint density at radius 2 is 1.97 bits per heavy atom. The molecule has 1 heterocycles. The van der Waals surface area contributed by atoms with Crippen molar-refractivity contribution >= 4 is 22.7 Å². The minimum Gasteiger partial charge on any atom is -0.494 e. The van der Waals surface area contributed by atoms with Gasteiger partial charge in [-0.3, -0.25) is 4.90 Å². The van der Waals surface area contributed by atoms with Gasteiger partial charge in [0.1, 0.15) is 11.8 Å². The van der Waals surface area contributed by atoms with Gasteiger partial charge in [-0.05, 0) is 62.9 Å². The van der Waals surface area contributed by atoms with Crippen LogP contribution in [0.1, 0.15) is 44.7 Å². The number of anilines is 1. The average Bonchev–Trinajstić information content (AvgIpc) is 3.01. The molecule has 0 spiro atoms. The molecule has 6 heteroatoms. The molecule has 0 atom stereocenters. The van der Waals surface area contributed by atoms with Gasteiger partial charge in [0.2, 0.25) is 0 Å².